The fourth-order valence-corrected chi connectivity index (χ4v) is 1.64. The van der Waals surface area contributed by atoms with Gasteiger partial charge in [0, 0.05) is 5.92 Å². The van der Waals surface area contributed by atoms with Crippen molar-refractivity contribution in [2.75, 3.05) is 6.61 Å². The number of ether oxygens (including phenoxy) is 1. The summed E-state index contributed by atoms with van der Waals surface area (Å²) in [6.45, 7) is 4.30. The predicted molar refractivity (Wildman–Crippen MR) is 50.0 cm³/mol. The van der Waals surface area contributed by atoms with Gasteiger partial charge in [-0.25, -0.2) is 0 Å². The Balaban J connectivity index is 0.000000980. The molecule has 1 aromatic rings. The zero-order valence-electron chi connectivity index (χ0n) is 8.47. The first-order valence-electron chi connectivity index (χ1n) is 4.47. The van der Waals surface area contributed by atoms with E-state index < -0.39 is 6.10 Å². The molecule has 1 N–H and O–H groups in total. The van der Waals surface area contributed by atoms with Gasteiger partial charge in [0.05, 0.1) is 18.8 Å². The van der Waals surface area contributed by atoms with Crippen LogP contribution in [-0.2, 0) is 32.4 Å². The van der Waals surface area contributed by atoms with E-state index in [1.165, 1.54) is 0 Å². The van der Waals surface area contributed by atoms with Gasteiger partial charge >= 0.3 is 27.7 Å². The SMILES string of the molecule is [Br-].[CH2][C@@H]1[C@@H](O)CO[C@H]1c1ccccc1.[Hg+]. The molecule has 0 aliphatic carbocycles. The van der Waals surface area contributed by atoms with Gasteiger partial charge in [0.1, 0.15) is 0 Å². The van der Waals surface area contributed by atoms with E-state index in [4.69, 9.17) is 4.74 Å². The van der Waals surface area contributed by atoms with Crippen molar-refractivity contribution in [1.29, 1.82) is 0 Å². The van der Waals surface area contributed by atoms with Gasteiger partial charge in [-0.3, -0.25) is 0 Å². The van der Waals surface area contributed by atoms with Crippen molar-refractivity contribution in [1.82, 2.24) is 0 Å². The second-order valence-corrected chi connectivity index (χ2v) is 3.40. The summed E-state index contributed by atoms with van der Waals surface area (Å²) < 4.78 is 5.45. The minimum absolute atomic E-state index is 0. The van der Waals surface area contributed by atoms with Crippen LogP contribution in [0.3, 0.4) is 0 Å². The topological polar surface area (TPSA) is 29.5 Å². The summed E-state index contributed by atoms with van der Waals surface area (Å²) >= 11 is 0. The van der Waals surface area contributed by atoms with Gasteiger partial charge in [0.25, 0.3) is 0 Å². The molecule has 0 aromatic heterocycles. The summed E-state index contributed by atoms with van der Waals surface area (Å²) in [5.41, 5.74) is 1.10. The Kier molecular flexibility index (Phi) is 7.25. The third-order valence-corrected chi connectivity index (χ3v) is 2.46. The molecule has 0 unspecified atom stereocenters. The van der Waals surface area contributed by atoms with Crippen LogP contribution in [0.5, 0.6) is 0 Å². The standard InChI is InChI=1S/C11H13O2.BrH.Hg/c1-8-10(12)7-13-11(8)9-5-3-2-4-6-9;;/h2-6,8,10-12H,1,7H2;1H;/q;;+1/p-1/t8-,10+,11-;;/m1../s1. The molecule has 1 fully saturated rings. The van der Waals surface area contributed by atoms with E-state index in [0.29, 0.717) is 6.61 Å². The molecule has 0 bridgehead atoms. The molecule has 0 amide bonds. The van der Waals surface area contributed by atoms with Crippen molar-refractivity contribution in [3.63, 3.8) is 0 Å². The molecule has 15 heavy (non-hydrogen) atoms. The Morgan fingerprint density at radius 1 is 1.27 bits per heavy atom. The summed E-state index contributed by atoms with van der Waals surface area (Å²) in [6, 6.07) is 9.90. The van der Waals surface area contributed by atoms with Crippen LogP contribution in [-0.4, -0.2) is 17.8 Å². The van der Waals surface area contributed by atoms with E-state index in [1.54, 1.807) is 0 Å². The number of benzene rings is 1. The van der Waals surface area contributed by atoms with Crippen molar-refractivity contribution in [2.45, 2.75) is 12.2 Å². The summed E-state index contributed by atoms with van der Waals surface area (Å²) in [7, 11) is 0. The second-order valence-electron chi connectivity index (χ2n) is 3.40. The maximum Gasteiger partial charge on any atom is 1.00 e. The minimum Gasteiger partial charge on any atom is -1.00 e. The molecule has 0 spiro atoms. The maximum absolute atomic E-state index is 9.44. The largest absolute Gasteiger partial charge is 1.00 e. The number of hydrogen-bond donors (Lipinski definition) is 1. The molecule has 1 aliphatic rings. The van der Waals surface area contributed by atoms with Crippen LogP contribution in [0.2, 0.25) is 0 Å². The van der Waals surface area contributed by atoms with Crippen LogP contribution in [0.25, 0.3) is 0 Å². The van der Waals surface area contributed by atoms with Crippen molar-refractivity contribution < 1.29 is 54.5 Å². The molecule has 1 saturated heterocycles. The summed E-state index contributed by atoms with van der Waals surface area (Å²) in [6.07, 6.45) is -0.471. The molecular weight excluding hydrogens is 445 g/mol. The van der Waals surface area contributed by atoms with Crippen molar-refractivity contribution >= 4 is 0 Å². The smallest absolute Gasteiger partial charge is 1.00 e. The molecule has 2 radical (unpaired) electrons. The van der Waals surface area contributed by atoms with E-state index in [9.17, 15) is 5.11 Å². The number of aliphatic hydroxyl groups is 1. The van der Waals surface area contributed by atoms with Crippen LogP contribution in [0.1, 0.15) is 11.7 Å². The molecule has 1 aliphatic heterocycles. The third kappa shape index (κ3) is 3.51. The monoisotopic (exact) mass is 458 g/mol. The van der Waals surface area contributed by atoms with Crippen LogP contribution >= 0.6 is 0 Å². The van der Waals surface area contributed by atoms with E-state index in [0.717, 1.165) is 5.56 Å². The normalized spacial score (nSPS) is 29.1. The number of halogens is 1. The minimum atomic E-state index is -0.426. The Morgan fingerprint density at radius 2 is 1.87 bits per heavy atom. The molecule has 3 atom stereocenters. The summed E-state index contributed by atoms with van der Waals surface area (Å²) in [5, 5.41) is 9.44. The van der Waals surface area contributed by atoms with E-state index in [1.807, 2.05) is 30.3 Å². The van der Waals surface area contributed by atoms with E-state index >= 15 is 0 Å². The fraction of sp³-hybridized carbons (Fsp3) is 0.364. The quantitative estimate of drug-likeness (QED) is 0.524. The molecule has 2 rings (SSSR count). The van der Waals surface area contributed by atoms with E-state index in [2.05, 4.69) is 6.92 Å². The van der Waals surface area contributed by atoms with Gasteiger partial charge in [-0.2, -0.15) is 0 Å². The summed E-state index contributed by atoms with van der Waals surface area (Å²) in [4.78, 5) is 0. The first kappa shape index (κ1) is 15.6. The van der Waals surface area contributed by atoms with Crippen LogP contribution < -0.4 is 17.0 Å². The molecule has 78 valence electrons. The predicted octanol–water partition coefficient (Wildman–Crippen LogP) is -1.43. The Morgan fingerprint density at radius 3 is 2.33 bits per heavy atom. The second kappa shape index (κ2) is 6.99. The van der Waals surface area contributed by atoms with Gasteiger partial charge < -0.3 is 26.8 Å². The molecule has 1 heterocycles. The molecular formula is C11H13BrHgO2. The average molecular weight is 458 g/mol. The zero-order chi connectivity index (χ0) is 9.26. The van der Waals surface area contributed by atoms with Gasteiger partial charge in [-0.1, -0.05) is 30.3 Å². The molecule has 2 nitrogen and oxygen atoms in total. The first-order chi connectivity index (χ1) is 6.29. The molecule has 1 aromatic carbocycles. The first-order valence-corrected chi connectivity index (χ1v) is 4.47. The van der Waals surface area contributed by atoms with Crippen LogP contribution in [0.15, 0.2) is 30.3 Å². The van der Waals surface area contributed by atoms with Gasteiger partial charge in [0.2, 0.25) is 0 Å². The Hall–Kier alpha value is 0.555. The number of aliphatic hydroxyl groups excluding tert-OH is 1. The van der Waals surface area contributed by atoms with Crippen molar-refractivity contribution in [3.8, 4) is 0 Å². The van der Waals surface area contributed by atoms with Gasteiger partial charge in [0.15, 0.2) is 0 Å². The summed E-state index contributed by atoms with van der Waals surface area (Å²) in [5.74, 6) is -0.0533. The van der Waals surface area contributed by atoms with Crippen molar-refractivity contribution in [3.05, 3.63) is 42.8 Å². The Labute approximate surface area is 121 Å². The van der Waals surface area contributed by atoms with Crippen molar-refractivity contribution in [2.24, 2.45) is 5.92 Å². The number of rotatable bonds is 1. The maximum atomic E-state index is 9.44. The van der Waals surface area contributed by atoms with Gasteiger partial charge in [-0.15, -0.1) is 0 Å². The van der Waals surface area contributed by atoms with Crippen LogP contribution in [0, 0.1) is 12.8 Å². The zero-order valence-corrected chi connectivity index (χ0v) is 15.6. The molecule has 0 saturated carbocycles. The molecule has 4 heteroatoms. The van der Waals surface area contributed by atoms with Crippen LogP contribution in [0.4, 0.5) is 0 Å². The Bertz CT molecular complexity index is 281. The van der Waals surface area contributed by atoms with Gasteiger partial charge in [-0.05, 0) is 12.5 Å². The third-order valence-electron chi connectivity index (χ3n) is 2.46. The number of hydrogen-bond acceptors (Lipinski definition) is 2. The average Bonchev–Trinajstić information content (AvgIpc) is 2.49. The fourth-order valence-electron chi connectivity index (χ4n) is 1.64. The van der Waals surface area contributed by atoms with E-state index in [-0.39, 0.29) is 56.7 Å².